The fraction of sp³-hybridized carbons (Fsp3) is 0.300. The van der Waals surface area contributed by atoms with Gasteiger partial charge in [0.2, 0.25) is 11.8 Å². The van der Waals surface area contributed by atoms with Crippen LogP contribution in [0, 0.1) is 11.8 Å². The quantitative estimate of drug-likeness (QED) is 0.632. The second-order valence-electron chi connectivity index (χ2n) is 6.91. The van der Waals surface area contributed by atoms with E-state index in [2.05, 4.69) is 15.4 Å². The van der Waals surface area contributed by atoms with Crippen molar-refractivity contribution in [3.05, 3.63) is 54.6 Å². The minimum Gasteiger partial charge on any atom is -0.355 e. The first-order valence-corrected chi connectivity index (χ1v) is 10.6. The molecule has 1 aliphatic carbocycles. The smallest absolute Gasteiger partial charge is 0.261 e. The highest BCUT2D eigenvalue weighted by Gasteiger charge is 2.38. The average Bonchev–Trinajstić information content (AvgIpc) is 3.39. The van der Waals surface area contributed by atoms with Gasteiger partial charge in [-0.05, 0) is 42.7 Å². The van der Waals surface area contributed by atoms with E-state index >= 15 is 0 Å². The van der Waals surface area contributed by atoms with Crippen LogP contribution in [-0.4, -0.2) is 26.8 Å². The average molecular weight is 401 g/mol. The Hall–Kier alpha value is -2.87. The van der Waals surface area contributed by atoms with E-state index in [0.29, 0.717) is 17.3 Å². The molecule has 0 aromatic heterocycles. The molecule has 2 amide bonds. The van der Waals surface area contributed by atoms with E-state index in [1.165, 1.54) is 12.1 Å². The van der Waals surface area contributed by atoms with Gasteiger partial charge in [0.1, 0.15) is 0 Å². The van der Waals surface area contributed by atoms with Crippen LogP contribution in [0.25, 0.3) is 0 Å². The van der Waals surface area contributed by atoms with Crippen molar-refractivity contribution in [2.75, 3.05) is 16.6 Å². The molecule has 0 bridgehead atoms. The van der Waals surface area contributed by atoms with Crippen molar-refractivity contribution < 1.29 is 18.0 Å². The van der Waals surface area contributed by atoms with Crippen molar-refractivity contribution in [1.29, 1.82) is 0 Å². The van der Waals surface area contributed by atoms with Crippen LogP contribution >= 0.6 is 0 Å². The first-order valence-electron chi connectivity index (χ1n) is 9.10. The highest BCUT2D eigenvalue weighted by molar-refractivity contribution is 7.92. The minimum atomic E-state index is -3.70. The number of rotatable bonds is 8. The lowest BCUT2D eigenvalue weighted by Crippen LogP contribution is -2.29. The molecular weight excluding hydrogens is 378 g/mol. The third-order valence-electron chi connectivity index (χ3n) is 4.55. The van der Waals surface area contributed by atoms with Crippen LogP contribution in [0.3, 0.4) is 0 Å². The van der Waals surface area contributed by atoms with Crippen molar-refractivity contribution in [1.82, 2.24) is 5.32 Å². The third kappa shape index (κ3) is 5.32. The summed E-state index contributed by atoms with van der Waals surface area (Å²) in [5, 5.41) is 5.47. The molecule has 3 N–H and O–H groups in total. The summed E-state index contributed by atoms with van der Waals surface area (Å²) in [6, 6.07) is 14.5. The Labute approximate surface area is 164 Å². The molecule has 7 nitrogen and oxygen atoms in total. The summed E-state index contributed by atoms with van der Waals surface area (Å²) in [4.78, 5) is 24.0. The Bertz CT molecular complexity index is 960. The second kappa shape index (κ2) is 8.43. The molecule has 0 saturated heterocycles. The van der Waals surface area contributed by atoms with Crippen molar-refractivity contribution in [3.63, 3.8) is 0 Å². The maximum absolute atomic E-state index is 12.4. The van der Waals surface area contributed by atoms with Gasteiger partial charge in [0.05, 0.1) is 10.6 Å². The Morgan fingerprint density at radius 3 is 2.39 bits per heavy atom. The SMILES string of the molecule is CC1CC1C(=O)NCCC(=O)Nc1cccc(NS(=O)(=O)c2ccccc2)c1. The van der Waals surface area contributed by atoms with E-state index in [4.69, 9.17) is 0 Å². The lowest BCUT2D eigenvalue weighted by molar-refractivity contribution is -0.122. The predicted molar refractivity (Wildman–Crippen MR) is 107 cm³/mol. The van der Waals surface area contributed by atoms with Crippen molar-refractivity contribution in [2.45, 2.75) is 24.7 Å². The minimum absolute atomic E-state index is 0.00221. The predicted octanol–water partition coefficient (Wildman–Crippen LogP) is 2.59. The normalized spacial score (nSPS) is 18.2. The van der Waals surface area contributed by atoms with Crippen molar-refractivity contribution in [3.8, 4) is 0 Å². The van der Waals surface area contributed by atoms with Crippen LogP contribution < -0.4 is 15.4 Å². The zero-order valence-corrected chi connectivity index (χ0v) is 16.3. The number of amides is 2. The molecule has 2 aromatic rings. The van der Waals surface area contributed by atoms with E-state index in [1.54, 1.807) is 42.5 Å². The van der Waals surface area contributed by atoms with Crippen molar-refractivity contribution >= 4 is 33.2 Å². The van der Waals surface area contributed by atoms with Gasteiger partial charge in [-0.3, -0.25) is 14.3 Å². The maximum atomic E-state index is 12.4. The van der Waals surface area contributed by atoms with Gasteiger partial charge in [-0.1, -0.05) is 31.2 Å². The molecule has 8 heteroatoms. The zero-order valence-electron chi connectivity index (χ0n) is 15.5. The molecule has 2 aromatic carbocycles. The Balaban J connectivity index is 1.53. The van der Waals surface area contributed by atoms with E-state index in [0.717, 1.165) is 6.42 Å². The van der Waals surface area contributed by atoms with Gasteiger partial charge in [-0.15, -0.1) is 0 Å². The standard InChI is InChI=1S/C20H23N3O4S/c1-14-12-18(14)20(25)21-11-10-19(24)22-15-6-5-7-16(13-15)23-28(26,27)17-8-3-2-4-9-17/h2-9,13-14,18,23H,10-12H2,1H3,(H,21,25)(H,22,24). The Kier molecular flexibility index (Phi) is 5.99. The number of nitrogens with one attached hydrogen (secondary N) is 3. The van der Waals surface area contributed by atoms with Gasteiger partial charge in [0.15, 0.2) is 0 Å². The molecule has 3 rings (SSSR count). The van der Waals surface area contributed by atoms with E-state index in [9.17, 15) is 18.0 Å². The largest absolute Gasteiger partial charge is 0.355 e. The number of carbonyl (C=O) groups excluding carboxylic acids is 2. The number of sulfonamides is 1. The highest BCUT2D eigenvalue weighted by Crippen LogP contribution is 2.37. The summed E-state index contributed by atoms with van der Waals surface area (Å²) in [6.45, 7) is 2.30. The molecule has 2 unspecified atom stereocenters. The second-order valence-corrected chi connectivity index (χ2v) is 8.59. The topological polar surface area (TPSA) is 104 Å². The van der Waals surface area contributed by atoms with Gasteiger partial charge in [0, 0.05) is 24.6 Å². The first-order chi connectivity index (χ1) is 13.3. The Morgan fingerprint density at radius 1 is 1.04 bits per heavy atom. The number of anilines is 2. The van der Waals surface area contributed by atoms with Gasteiger partial charge in [-0.2, -0.15) is 0 Å². The Morgan fingerprint density at radius 2 is 1.71 bits per heavy atom. The molecule has 0 heterocycles. The maximum Gasteiger partial charge on any atom is 0.261 e. The van der Waals surface area contributed by atoms with E-state index in [-0.39, 0.29) is 35.6 Å². The molecule has 28 heavy (non-hydrogen) atoms. The fourth-order valence-electron chi connectivity index (χ4n) is 2.82. The van der Waals surface area contributed by atoms with Crippen LogP contribution in [0.15, 0.2) is 59.5 Å². The number of hydrogen-bond acceptors (Lipinski definition) is 4. The molecule has 1 aliphatic rings. The van der Waals surface area contributed by atoms with Crippen molar-refractivity contribution in [2.24, 2.45) is 11.8 Å². The summed E-state index contributed by atoms with van der Waals surface area (Å²) in [5.41, 5.74) is 0.818. The lowest BCUT2D eigenvalue weighted by atomic mass is 10.2. The summed E-state index contributed by atoms with van der Waals surface area (Å²) in [6.07, 6.45) is 1.05. The van der Waals surface area contributed by atoms with E-state index < -0.39 is 10.0 Å². The lowest BCUT2D eigenvalue weighted by Gasteiger charge is -2.11. The third-order valence-corrected chi connectivity index (χ3v) is 5.95. The van der Waals surface area contributed by atoms with Gasteiger partial charge in [0.25, 0.3) is 10.0 Å². The molecular formula is C20H23N3O4S. The van der Waals surface area contributed by atoms with Crippen LogP contribution in [0.1, 0.15) is 19.8 Å². The first kappa shape index (κ1) is 19.9. The van der Waals surface area contributed by atoms with Gasteiger partial charge in [-0.25, -0.2) is 8.42 Å². The summed E-state index contributed by atoms with van der Waals surface area (Å²) >= 11 is 0. The van der Waals surface area contributed by atoms with E-state index in [1.807, 2.05) is 6.92 Å². The summed E-state index contributed by atoms with van der Waals surface area (Å²) in [7, 11) is -3.70. The molecule has 0 radical (unpaired) electrons. The summed E-state index contributed by atoms with van der Waals surface area (Å²) < 4.78 is 27.3. The zero-order chi connectivity index (χ0) is 20.1. The number of benzene rings is 2. The molecule has 0 spiro atoms. The monoisotopic (exact) mass is 401 g/mol. The number of carbonyl (C=O) groups is 2. The number of hydrogen-bond donors (Lipinski definition) is 3. The highest BCUT2D eigenvalue weighted by atomic mass is 32.2. The van der Waals surface area contributed by atoms with Crippen LogP contribution in [-0.2, 0) is 19.6 Å². The molecule has 1 fully saturated rings. The van der Waals surface area contributed by atoms with Gasteiger partial charge < -0.3 is 10.6 Å². The molecule has 0 aliphatic heterocycles. The molecule has 2 atom stereocenters. The van der Waals surface area contributed by atoms with Gasteiger partial charge >= 0.3 is 0 Å². The molecule has 148 valence electrons. The van der Waals surface area contributed by atoms with Crippen LogP contribution in [0.4, 0.5) is 11.4 Å². The van der Waals surface area contributed by atoms with Crippen LogP contribution in [0.2, 0.25) is 0 Å². The fourth-order valence-corrected chi connectivity index (χ4v) is 3.89. The molecule has 1 saturated carbocycles. The summed E-state index contributed by atoms with van der Waals surface area (Å²) in [5.74, 6) is 0.249. The van der Waals surface area contributed by atoms with Crippen LogP contribution in [0.5, 0.6) is 0 Å².